The fraction of sp³-hybridized carbons (Fsp3) is 0.188. The van der Waals surface area contributed by atoms with Gasteiger partial charge in [0.05, 0.1) is 12.1 Å². The minimum Gasteiger partial charge on any atom is -0.345 e. The highest BCUT2D eigenvalue weighted by Crippen LogP contribution is 2.19. The Bertz CT molecular complexity index is 1290. The van der Waals surface area contributed by atoms with E-state index in [0.717, 1.165) is 11.1 Å². The van der Waals surface area contributed by atoms with Crippen LogP contribution in [0.1, 0.15) is 61.0 Å². The van der Waals surface area contributed by atoms with Crippen LogP contribution in [-0.4, -0.2) is 11.8 Å². The summed E-state index contributed by atoms with van der Waals surface area (Å²) in [6.07, 6.45) is 4.35. The SMILES string of the molecule is CC[C@H](NC(=O)/C(C#N)=C/c1cccc(/C=C(\C#N)C(=O)N[C@@H](CC)c2ccccc2)c1)c1ccccc1. The number of nitrogens with one attached hydrogen (secondary N) is 2. The van der Waals surface area contributed by atoms with Crippen LogP contribution in [0.4, 0.5) is 0 Å². The fourth-order valence-corrected chi connectivity index (χ4v) is 4.05. The van der Waals surface area contributed by atoms with Gasteiger partial charge in [-0.1, -0.05) is 92.7 Å². The molecule has 190 valence electrons. The number of amides is 2. The molecule has 0 aliphatic carbocycles. The van der Waals surface area contributed by atoms with Gasteiger partial charge in [0.1, 0.15) is 23.3 Å². The van der Waals surface area contributed by atoms with Crippen LogP contribution in [0, 0.1) is 22.7 Å². The minimum atomic E-state index is -0.465. The van der Waals surface area contributed by atoms with Gasteiger partial charge in [0.25, 0.3) is 11.8 Å². The second-order valence-corrected chi connectivity index (χ2v) is 8.70. The third-order valence-corrected chi connectivity index (χ3v) is 6.09. The lowest BCUT2D eigenvalue weighted by Gasteiger charge is -2.17. The average molecular weight is 503 g/mol. The third-order valence-electron chi connectivity index (χ3n) is 6.09. The monoisotopic (exact) mass is 502 g/mol. The number of carbonyl (C=O) groups is 2. The lowest BCUT2D eigenvalue weighted by molar-refractivity contribution is -0.118. The molecule has 0 aliphatic rings. The standard InChI is InChI=1S/C32H30N4O2/c1-3-29(25-14-7-5-8-15-25)35-31(37)27(21-33)19-23-12-11-13-24(18-23)20-28(22-34)32(38)36-30(4-2)26-16-9-6-10-17-26/h5-20,29-30H,3-4H2,1-2H3,(H,35,37)(H,36,38)/b27-19+,28-20+/t29-,30-/m0/s1. The summed E-state index contributed by atoms with van der Waals surface area (Å²) in [5.41, 5.74) is 3.07. The first-order chi connectivity index (χ1) is 18.5. The van der Waals surface area contributed by atoms with E-state index in [1.54, 1.807) is 24.3 Å². The molecule has 6 heteroatoms. The zero-order valence-corrected chi connectivity index (χ0v) is 21.5. The van der Waals surface area contributed by atoms with Gasteiger partial charge in [-0.15, -0.1) is 0 Å². The van der Waals surface area contributed by atoms with Crippen molar-refractivity contribution in [3.05, 3.63) is 118 Å². The summed E-state index contributed by atoms with van der Waals surface area (Å²) >= 11 is 0. The molecular weight excluding hydrogens is 472 g/mol. The van der Waals surface area contributed by atoms with Crippen LogP contribution < -0.4 is 10.6 Å². The number of carbonyl (C=O) groups excluding carboxylic acids is 2. The smallest absolute Gasteiger partial charge is 0.262 e. The van der Waals surface area contributed by atoms with E-state index in [4.69, 9.17) is 0 Å². The quantitative estimate of drug-likeness (QED) is 0.261. The van der Waals surface area contributed by atoms with Crippen molar-refractivity contribution in [2.75, 3.05) is 0 Å². The van der Waals surface area contributed by atoms with E-state index in [1.807, 2.05) is 86.6 Å². The van der Waals surface area contributed by atoms with Crippen LogP contribution in [0.15, 0.2) is 96.1 Å². The Labute approximate surface area is 223 Å². The average Bonchev–Trinajstić information content (AvgIpc) is 2.97. The Morgan fingerprint density at radius 2 is 1.08 bits per heavy atom. The molecule has 0 unspecified atom stereocenters. The maximum atomic E-state index is 12.9. The van der Waals surface area contributed by atoms with Crippen molar-refractivity contribution in [2.24, 2.45) is 0 Å². The molecule has 6 nitrogen and oxygen atoms in total. The zero-order chi connectivity index (χ0) is 27.3. The summed E-state index contributed by atoms with van der Waals surface area (Å²) < 4.78 is 0. The lowest BCUT2D eigenvalue weighted by Crippen LogP contribution is -2.29. The molecule has 0 saturated carbocycles. The number of rotatable bonds is 10. The van der Waals surface area contributed by atoms with Crippen LogP contribution in [-0.2, 0) is 9.59 Å². The Hall–Kier alpha value is -4.94. The molecular formula is C32H30N4O2. The Morgan fingerprint density at radius 3 is 1.42 bits per heavy atom. The second kappa shape index (κ2) is 14.0. The molecule has 0 radical (unpaired) electrons. The lowest BCUT2D eigenvalue weighted by atomic mass is 10.0. The molecule has 0 heterocycles. The molecule has 3 rings (SSSR count). The summed E-state index contributed by atoms with van der Waals surface area (Å²) in [6, 6.07) is 29.7. The Kier molecular flexibility index (Phi) is 10.2. The fourth-order valence-electron chi connectivity index (χ4n) is 4.05. The third kappa shape index (κ3) is 7.53. The van der Waals surface area contributed by atoms with Gasteiger partial charge in [-0.05, 0) is 53.3 Å². The van der Waals surface area contributed by atoms with Gasteiger partial charge < -0.3 is 10.6 Å². The highest BCUT2D eigenvalue weighted by atomic mass is 16.2. The molecule has 0 saturated heterocycles. The van der Waals surface area contributed by atoms with Gasteiger partial charge in [-0.2, -0.15) is 10.5 Å². The zero-order valence-electron chi connectivity index (χ0n) is 21.5. The van der Waals surface area contributed by atoms with Gasteiger partial charge in [-0.25, -0.2) is 0 Å². The highest BCUT2D eigenvalue weighted by molar-refractivity contribution is 6.03. The predicted octanol–water partition coefficient (Wildman–Crippen LogP) is 6.04. The van der Waals surface area contributed by atoms with E-state index in [0.29, 0.717) is 24.0 Å². The van der Waals surface area contributed by atoms with Crippen molar-refractivity contribution >= 4 is 24.0 Å². The Morgan fingerprint density at radius 1 is 0.684 bits per heavy atom. The van der Waals surface area contributed by atoms with E-state index in [-0.39, 0.29) is 23.2 Å². The van der Waals surface area contributed by atoms with E-state index < -0.39 is 11.8 Å². The molecule has 2 N–H and O–H groups in total. The van der Waals surface area contributed by atoms with Crippen LogP contribution in [0.5, 0.6) is 0 Å². The van der Waals surface area contributed by atoms with E-state index in [1.165, 1.54) is 12.2 Å². The Balaban J connectivity index is 1.78. The largest absolute Gasteiger partial charge is 0.345 e. The first-order valence-corrected chi connectivity index (χ1v) is 12.5. The van der Waals surface area contributed by atoms with Gasteiger partial charge in [0.15, 0.2) is 0 Å². The number of hydrogen-bond acceptors (Lipinski definition) is 4. The molecule has 0 fully saturated rings. The van der Waals surface area contributed by atoms with Crippen molar-refractivity contribution in [3.8, 4) is 12.1 Å². The normalized spacial score (nSPS) is 12.9. The van der Waals surface area contributed by atoms with Gasteiger partial charge in [-0.3, -0.25) is 9.59 Å². The molecule has 3 aromatic rings. The van der Waals surface area contributed by atoms with E-state index in [2.05, 4.69) is 10.6 Å². The van der Waals surface area contributed by atoms with Crippen LogP contribution in [0.3, 0.4) is 0 Å². The molecule has 0 bridgehead atoms. The molecule has 38 heavy (non-hydrogen) atoms. The van der Waals surface area contributed by atoms with Crippen molar-refractivity contribution in [3.63, 3.8) is 0 Å². The number of nitrogens with zero attached hydrogens (tertiary/aromatic N) is 2. The first kappa shape index (κ1) is 27.6. The number of benzene rings is 3. The van der Waals surface area contributed by atoms with E-state index >= 15 is 0 Å². The molecule has 0 aliphatic heterocycles. The molecule has 0 spiro atoms. The van der Waals surface area contributed by atoms with Gasteiger partial charge in [0, 0.05) is 0 Å². The summed E-state index contributed by atoms with van der Waals surface area (Å²) in [7, 11) is 0. The van der Waals surface area contributed by atoms with Crippen LogP contribution >= 0.6 is 0 Å². The maximum absolute atomic E-state index is 12.9. The van der Waals surface area contributed by atoms with Crippen molar-refractivity contribution in [1.82, 2.24) is 10.6 Å². The highest BCUT2D eigenvalue weighted by Gasteiger charge is 2.17. The first-order valence-electron chi connectivity index (χ1n) is 12.5. The van der Waals surface area contributed by atoms with Crippen molar-refractivity contribution in [1.29, 1.82) is 10.5 Å². The van der Waals surface area contributed by atoms with Crippen molar-refractivity contribution < 1.29 is 9.59 Å². The van der Waals surface area contributed by atoms with Crippen molar-refractivity contribution in [2.45, 2.75) is 38.8 Å². The summed E-state index contributed by atoms with van der Waals surface area (Å²) in [5.74, 6) is -0.930. The molecule has 2 amide bonds. The summed E-state index contributed by atoms with van der Waals surface area (Å²) in [5, 5.41) is 25.2. The summed E-state index contributed by atoms with van der Waals surface area (Å²) in [6.45, 7) is 3.93. The number of hydrogen-bond donors (Lipinski definition) is 2. The van der Waals surface area contributed by atoms with Crippen LogP contribution in [0.25, 0.3) is 12.2 Å². The molecule has 3 aromatic carbocycles. The second-order valence-electron chi connectivity index (χ2n) is 8.70. The van der Waals surface area contributed by atoms with Gasteiger partial charge in [0.2, 0.25) is 0 Å². The molecule has 0 aromatic heterocycles. The predicted molar refractivity (Wildman–Crippen MR) is 149 cm³/mol. The molecule has 2 atom stereocenters. The van der Waals surface area contributed by atoms with E-state index in [9.17, 15) is 20.1 Å². The minimum absolute atomic E-state index is 0.0348. The topological polar surface area (TPSA) is 106 Å². The van der Waals surface area contributed by atoms with Gasteiger partial charge >= 0.3 is 0 Å². The van der Waals surface area contributed by atoms with Crippen LogP contribution in [0.2, 0.25) is 0 Å². The maximum Gasteiger partial charge on any atom is 0.262 e. The summed E-state index contributed by atoms with van der Waals surface area (Å²) in [4.78, 5) is 25.7. The number of nitriles is 2.